The molecule has 0 unspecified atom stereocenters. The van der Waals surface area contributed by atoms with Crippen molar-refractivity contribution in [2.45, 2.75) is 20.3 Å². The molecule has 0 amide bonds. The first kappa shape index (κ1) is 16.7. The van der Waals surface area contributed by atoms with Crippen LogP contribution in [-0.4, -0.2) is 10.8 Å². The number of benzene rings is 1. The zero-order chi connectivity index (χ0) is 18.1. The lowest BCUT2D eigenvalue weighted by Crippen LogP contribution is -2.02. The highest BCUT2D eigenvalue weighted by atomic mass is 32.1. The molecule has 2 nitrogen and oxygen atoms in total. The van der Waals surface area contributed by atoms with Crippen LogP contribution in [0.4, 0.5) is 0 Å². The normalized spacial score (nSPS) is 11.0. The molecule has 0 N–H and O–H groups in total. The van der Waals surface area contributed by atoms with Crippen molar-refractivity contribution in [2.24, 2.45) is 0 Å². The van der Waals surface area contributed by atoms with Gasteiger partial charge in [-0.25, -0.2) is 4.98 Å². The molecule has 2 aliphatic carbocycles. The molecule has 0 aliphatic heterocycles. The van der Waals surface area contributed by atoms with E-state index < -0.39 is 0 Å². The quantitative estimate of drug-likeness (QED) is 0.439. The van der Waals surface area contributed by atoms with E-state index in [4.69, 9.17) is 0 Å². The van der Waals surface area contributed by atoms with Crippen LogP contribution < -0.4 is 0 Å². The Balaban J connectivity index is 1.88. The van der Waals surface area contributed by atoms with Crippen LogP contribution in [0.15, 0.2) is 66.0 Å². The van der Waals surface area contributed by atoms with Crippen molar-refractivity contribution in [1.29, 1.82) is 0 Å². The molecule has 0 atom stereocenters. The number of ketones is 1. The van der Waals surface area contributed by atoms with Crippen molar-refractivity contribution in [3.8, 4) is 11.1 Å². The first-order valence-electron chi connectivity index (χ1n) is 8.66. The number of hydrogen-bond acceptors (Lipinski definition) is 3. The largest absolute Gasteiger partial charge is 0.289 e. The second-order valence-corrected chi connectivity index (χ2v) is 7.41. The third-order valence-corrected chi connectivity index (χ3v) is 5.68. The molecule has 0 spiro atoms. The Morgan fingerprint density at radius 3 is 2.23 bits per heavy atom. The molecule has 1 heterocycles. The van der Waals surface area contributed by atoms with E-state index in [0.717, 1.165) is 44.9 Å². The number of carbonyl (C=O) groups excluding carboxylic acids is 1. The molecular weight excluding hydrogens is 338 g/mol. The molecular formula is C23H19NOS. The fraction of sp³-hybridized carbons (Fsp3) is 0.130. The number of rotatable bonds is 4. The third-order valence-electron chi connectivity index (χ3n) is 4.72. The molecule has 0 bridgehead atoms. The van der Waals surface area contributed by atoms with E-state index in [0.29, 0.717) is 0 Å². The van der Waals surface area contributed by atoms with Gasteiger partial charge in [-0.3, -0.25) is 4.79 Å². The summed E-state index contributed by atoms with van der Waals surface area (Å²) in [6, 6.07) is 19.7. The van der Waals surface area contributed by atoms with Gasteiger partial charge >= 0.3 is 0 Å². The molecule has 26 heavy (non-hydrogen) atoms. The molecule has 1 aromatic heterocycles. The van der Waals surface area contributed by atoms with Gasteiger partial charge in [-0.2, -0.15) is 0 Å². The van der Waals surface area contributed by atoms with Gasteiger partial charge < -0.3 is 0 Å². The molecule has 2 aliphatic rings. The molecule has 3 heteroatoms. The minimum atomic E-state index is 0.0841. The van der Waals surface area contributed by atoms with Crippen LogP contribution in [0.25, 0.3) is 11.1 Å². The third kappa shape index (κ3) is 2.95. The molecule has 0 fully saturated rings. The maximum absolute atomic E-state index is 13.2. The van der Waals surface area contributed by atoms with Crippen LogP contribution in [0.5, 0.6) is 0 Å². The van der Waals surface area contributed by atoms with E-state index in [1.807, 2.05) is 55.5 Å². The summed E-state index contributed by atoms with van der Waals surface area (Å²) in [5, 5.41) is 3.16. The molecule has 1 aromatic carbocycles. The predicted octanol–water partition coefficient (Wildman–Crippen LogP) is 5.69. The van der Waals surface area contributed by atoms with Crippen molar-refractivity contribution >= 4 is 17.1 Å². The highest BCUT2D eigenvalue weighted by Crippen LogP contribution is 2.38. The Labute approximate surface area is 157 Å². The van der Waals surface area contributed by atoms with Crippen LogP contribution in [0.1, 0.15) is 37.7 Å². The number of thiazole rings is 1. The minimum Gasteiger partial charge on any atom is -0.289 e. The number of carbonyl (C=O) groups is 1. The standard InChI is InChI=1S/C23H19NOS/c1-15-14-26-21(24-15)13-20-16(2)22(19-12-8-4-7-11-18(19)20)23(25)17-9-5-3-6-10-17/h3-12,14H,13H2,1-2H3. The summed E-state index contributed by atoms with van der Waals surface area (Å²) in [5.74, 6) is 0.0841. The Morgan fingerprint density at radius 2 is 1.58 bits per heavy atom. The van der Waals surface area contributed by atoms with Crippen molar-refractivity contribution in [1.82, 2.24) is 4.98 Å². The maximum atomic E-state index is 13.2. The van der Waals surface area contributed by atoms with Gasteiger partial charge in [0.25, 0.3) is 0 Å². The topological polar surface area (TPSA) is 30.0 Å². The van der Waals surface area contributed by atoms with Crippen molar-refractivity contribution in [3.63, 3.8) is 0 Å². The summed E-state index contributed by atoms with van der Waals surface area (Å²) in [6.45, 7) is 4.08. The SMILES string of the molecule is Cc1csc(Cc2c3cccccc-3c(C(=O)c3ccccc3)c2C)n1. The van der Waals surface area contributed by atoms with E-state index in [1.54, 1.807) is 11.3 Å². The smallest absolute Gasteiger partial charge is 0.193 e. The van der Waals surface area contributed by atoms with Crippen molar-refractivity contribution in [2.75, 3.05) is 0 Å². The monoisotopic (exact) mass is 357 g/mol. The zero-order valence-electron chi connectivity index (χ0n) is 14.8. The summed E-state index contributed by atoms with van der Waals surface area (Å²) in [5.41, 5.74) is 7.00. The number of hydrogen-bond donors (Lipinski definition) is 0. The zero-order valence-corrected chi connectivity index (χ0v) is 15.6. The molecule has 4 rings (SSSR count). The van der Waals surface area contributed by atoms with Crippen LogP contribution in [0, 0.1) is 13.8 Å². The van der Waals surface area contributed by atoms with E-state index in [-0.39, 0.29) is 5.78 Å². The van der Waals surface area contributed by atoms with Gasteiger partial charge in [0.15, 0.2) is 5.78 Å². The summed E-state index contributed by atoms with van der Waals surface area (Å²) in [7, 11) is 0. The average Bonchev–Trinajstić information content (AvgIpc) is 3.06. The molecule has 0 saturated heterocycles. The van der Waals surface area contributed by atoms with Gasteiger partial charge in [-0.15, -0.1) is 11.3 Å². The van der Waals surface area contributed by atoms with Gasteiger partial charge in [0.1, 0.15) is 0 Å². The highest BCUT2D eigenvalue weighted by Gasteiger charge is 2.25. The van der Waals surface area contributed by atoms with Gasteiger partial charge in [0.05, 0.1) is 5.01 Å². The van der Waals surface area contributed by atoms with Crippen LogP contribution in [0.3, 0.4) is 0 Å². The van der Waals surface area contributed by atoms with E-state index in [9.17, 15) is 4.79 Å². The number of aryl methyl sites for hydroxylation is 1. The second-order valence-electron chi connectivity index (χ2n) is 6.47. The Morgan fingerprint density at radius 1 is 0.923 bits per heavy atom. The van der Waals surface area contributed by atoms with Gasteiger partial charge in [-0.1, -0.05) is 60.7 Å². The highest BCUT2D eigenvalue weighted by molar-refractivity contribution is 7.09. The number of nitrogens with zero attached hydrogens (tertiary/aromatic N) is 1. The fourth-order valence-corrected chi connectivity index (χ4v) is 4.26. The number of fused-ring (bicyclic) bond motifs is 1. The maximum Gasteiger partial charge on any atom is 0.193 e. The first-order chi connectivity index (χ1) is 12.6. The van der Waals surface area contributed by atoms with Gasteiger partial charge in [0, 0.05) is 28.6 Å². The Kier molecular flexibility index (Phi) is 4.39. The van der Waals surface area contributed by atoms with E-state index in [2.05, 4.69) is 29.4 Å². The fourth-order valence-electron chi connectivity index (χ4n) is 3.47. The van der Waals surface area contributed by atoms with Gasteiger partial charge in [-0.05, 0) is 36.1 Å². The van der Waals surface area contributed by atoms with Crippen LogP contribution in [0.2, 0.25) is 0 Å². The van der Waals surface area contributed by atoms with Gasteiger partial charge in [0.2, 0.25) is 0 Å². The van der Waals surface area contributed by atoms with Crippen LogP contribution >= 0.6 is 11.3 Å². The lowest BCUT2D eigenvalue weighted by Gasteiger charge is -2.03. The summed E-state index contributed by atoms with van der Waals surface area (Å²) in [6.07, 6.45) is 0.757. The molecule has 0 radical (unpaired) electrons. The van der Waals surface area contributed by atoms with E-state index >= 15 is 0 Å². The van der Waals surface area contributed by atoms with E-state index in [1.165, 1.54) is 5.56 Å². The van der Waals surface area contributed by atoms with Crippen molar-refractivity contribution < 1.29 is 4.79 Å². The molecule has 128 valence electrons. The minimum absolute atomic E-state index is 0.0841. The Bertz CT molecular complexity index is 1050. The number of aromatic nitrogens is 1. The summed E-state index contributed by atoms with van der Waals surface area (Å²) in [4.78, 5) is 17.9. The first-order valence-corrected chi connectivity index (χ1v) is 9.54. The molecule has 2 aromatic rings. The Hall–Kier alpha value is -2.78. The predicted molar refractivity (Wildman–Crippen MR) is 107 cm³/mol. The molecule has 0 saturated carbocycles. The lowest BCUT2D eigenvalue weighted by atomic mass is 9.99. The second kappa shape index (κ2) is 6.85. The van der Waals surface area contributed by atoms with Crippen molar-refractivity contribution in [3.05, 3.63) is 99.0 Å². The summed E-state index contributed by atoms with van der Waals surface area (Å²) < 4.78 is 0. The average molecular weight is 357 g/mol. The summed E-state index contributed by atoms with van der Waals surface area (Å²) >= 11 is 1.68. The lowest BCUT2D eigenvalue weighted by molar-refractivity contribution is 0.103. The van der Waals surface area contributed by atoms with Crippen LogP contribution in [-0.2, 0) is 6.42 Å².